The standard InChI is InChI=1S/C19H25N3O2S2/c1-12-6-7-14(25-12)16(23)21-8-10-22(11-9-21)17(24)15-13(2)20-18(26-15)19(3,4)5/h6-7H,8-11H2,1-5H3. The van der Waals surface area contributed by atoms with E-state index in [0.717, 1.165) is 25.3 Å². The molecule has 140 valence electrons. The van der Waals surface area contributed by atoms with E-state index in [1.807, 2.05) is 35.8 Å². The summed E-state index contributed by atoms with van der Waals surface area (Å²) in [6.45, 7) is 12.5. The number of amides is 2. The van der Waals surface area contributed by atoms with Crippen LogP contribution in [0.3, 0.4) is 0 Å². The van der Waals surface area contributed by atoms with Gasteiger partial charge in [-0.25, -0.2) is 4.98 Å². The second-order valence-corrected chi connectivity index (χ2v) is 9.97. The van der Waals surface area contributed by atoms with Crippen LogP contribution in [-0.4, -0.2) is 52.8 Å². The van der Waals surface area contributed by atoms with E-state index < -0.39 is 0 Å². The Bertz CT molecular complexity index is 824. The van der Waals surface area contributed by atoms with Gasteiger partial charge in [-0.3, -0.25) is 9.59 Å². The van der Waals surface area contributed by atoms with E-state index in [9.17, 15) is 9.59 Å². The van der Waals surface area contributed by atoms with Gasteiger partial charge in [0, 0.05) is 36.5 Å². The van der Waals surface area contributed by atoms with Crippen LogP contribution in [-0.2, 0) is 5.41 Å². The monoisotopic (exact) mass is 391 g/mol. The Morgan fingerprint density at radius 2 is 1.54 bits per heavy atom. The third kappa shape index (κ3) is 3.83. The first-order valence-electron chi connectivity index (χ1n) is 8.79. The molecular formula is C19H25N3O2S2. The maximum Gasteiger partial charge on any atom is 0.265 e. The van der Waals surface area contributed by atoms with Crippen molar-refractivity contribution in [2.75, 3.05) is 26.2 Å². The van der Waals surface area contributed by atoms with Crippen molar-refractivity contribution in [3.8, 4) is 0 Å². The van der Waals surface area contributed by atoms with Gasteiger partial charge >= 0.3 is 0 Å². The summed E-state index contributed by atoms with van der Waals surface area (Å²) in [5.74, 6) is 0.105. The number of thiophene rings is 1. The van der Waals surface area contributed by atoms with Gasteiger partial charge in [-0.1, -0.05) is 20.8 Å². The fourth-order valence-corrected chi connectivity index (χ4v) is 4.80. The molecule has 2 aromatic rings. The fourth-order valence-electron chi connectivity index (χ4n) is 2.88. The maximum absolute atomic E-state index is 12.9. The van der Waals surface area contributed by atoms with Gasteiger partial charge in [0.05, 0.1) is 15.6 Å². The first-order chi connectivity index (χ1) is 12.2. The van der Waals surface area contributed by atoms with Crippen LogP contribution in [0.5, 0.6) is 0 Å². The quantitative estimate of drug-likeness (QED) is 0.784. The Balaban J connectivity index is 1.65. The number of hydrogen-bond acceptors (Lipinski definition) is 5. The molecular weight excluding hydrogens is 366 g/mol. The SMILES string of the molecule is Cc1ccc(C(=O)N2CCN(C(=O)c3sc(C(C)(C)C)nc3C)CC2)s1. The normalized spacial score (nSPS) is 15.4. The Labute approximate surface area is 162 Å². The zero-order chi connectivity index (χ0) is 19.1. The number of carbonyl (C=O) groups excluding carboxylic acids is 2. The lowest BCUT2D eigenvalue weighted by molar-refractivity contribution is 0.0540. The molecule has 0 atom stereocenters. The number of aromatic nitrogens is 1. The molecule has 1 fully saturated rings. The van der Waals surface area contributed by atoms with E-state index in [1.165, 1.54) is 22.7 Å². The van der Waals surface area contributed by atoms with Gasteiger partial charge in [-0.05, 0) is 26.0 Å². The largest absolute Gasteiger partial charge is 0.334 e. The van der Waals surface area contributed by atoms with Crippen LogP contribution in [0.1, 0.15) is 55.7 Å². The molecule has 7 heteroatoms. The predicted molar refractivity (Wildman–Crippen MR) is 106 cm³/mol. The molecule has 0 saturated carbocycles. The minimum atomic E-state index is -0.0576. The third-order valence-electron chi connectivity index (χ3n) is 4.44. The van der Waals surface area contributed by atoms with Crippen molar-refractivity contribution in [3.63, 3.8) is 0 Å². The minimum absolute atomic E-state index is 0.0366. The molecule has 3 heterocycles. The summed E-state index contributed by atoms with van der Waals surface area (Å²) in [4.78, 5) is 36.4. The number of hydrogen-bond donors (Lipinski definition) is 0. The maximum atomic E-state index is 12.9. The summed E-state index contributed by atoms with van der Waals surface area (Å²) in [5, 5.41) is 0.986. The number of nitrogens with zero attached hydrogens (tertiary/aromatic N) is 3. The summed E-state index contributed by atoms with van der Waals surface area (Å²) in [6.07, 6.45) is 0. The van der Waals surface area contributed by atoms with Crippen LogP contribution < -0.4 is 0 Å². The van der Waals surface area contributed by atoms with Crippen molar-refractivity contribution >= 4 is 34.5 Å². The summed E-state index contributed by atoms with van der Waals surface area (Å²) in [6, 6.07) is 3.85. The van der Waals surface area contributed by atoms with Gasteiger partial charge in [0.1, 0.15) is 4.88 Å². The molecule has 0 N–H and O–H groups in total. The van der Waals surface area contributed by atoms with Crippen LogP contribution in [0.15, 0.2) is 12.1 Å². The highest BCUT2D eigenvalue weighted by Gasteiger charge is 2.29. The molecule has 2 aromatic heterocycles. The highest BCUT2D eigenvalue weighted by atomic mass is 32.1. The predicted octanol–water partition coefficient (Wildman–Crippen LogP) is 3.72. The Morgan fingerprint density at radius 1 is 0.962 bits per heavy atom. The van der Waals surface area contributed by atoms with E-state index in [1.54, 1.807) is 0 Å². The Hall–Kier alpha value is -1.73. The summed E-state index contributed by atoms with van der Waals surface area (Å²) in [5.41, 5.74) is 0.746. The molecule has 0 bridgehead atoms. The second-order valence-electron chi connectivity index (χ2n) is 7.68. The van der Waals surface area contributed by atoms with Crippen LogP contribution >= 0.6 is 22.7 Å². The van der Waals surface area contributed by atoms with Gasteiger partial charge in [0.15, 0.2) is 0 Å². The lowest BCUT2D eigenvalue weighted by Crippen LogP contribution is -2.50. The minimum Gasteiger partial charge on any atom is -0.334 e. The van der Waals surface area contributed by atoms with Gasteiger partial charge in [0.25, 0.3) is 11.8 Å². The van der Waals surface area contributed by atoms with Gasteiger partial charge in [-0.2, -0.15) is 0 Å². The van der Waals surface area contributed by atoms with Crippen LogP contribution in [0, 0.1) is 13.8 Å². The van der Waals surface area contributed by atoms with Crippen LogP contribution in [0.2, 0.25) is 0 Å². The highest BCUT2D eigenvalue weighted by Crippen LogP contribution is 2.30. The fraction of sp³-hybridized carbons (Fsp3) is 0.526. The van der Waals surface area contributed by atoms with E-state index >= 15 is 0 Å². The van der Waals surface area contributed by atoms with E-state index in [4.69, 9.17) is 0 Å². The average Bonchev–Trinajstić information content (AvgIpc) is 3.19. The molecule has 0 spiro atoms. The first kappa shape index (κ1) is 19.0. The first-order valence-corrected chi connectivity index (χ1v) is 10.4. The van der Waals surface area contributed by atoms with Gasteiger partial charge < -0.3 is 9.80 Å². The van der Waals surface area contributed by atoms with Crippen molar-refractivity contribution in [1.29, 1.82) is 0 Å². The van der Waals surface area contributed by atoms with Crippen LogP contribution in [0.25, 0.3) is 0 Å². The lowest BCUT2D eigenvalue weighted by Gasteiger charge is -2.34. The summed E-state index contributed by atoms with van der Waals surface area (Å²) in [7, 11) is 0. The van der Waals surface area contributed by atoms with Crippen LogP contribution in [0.4, 0.5) is 0 Å². The van der Waals surface area contributed by atoms with Crippen molar-refractivity contribution in [3.05, 3.63) is 37.5 Å². The number of aryl methyl sites for hydroxylation is 2. The van der Waals surface area contributed by atoms with Gasteiger partial charge in [-0.15, -0.1) is 22.7 Å². The number of thiazole rings is 1. The number of rotatable bonds is 2. The molecule has 0 unspecified atom stereocenters. The molecule has 0 radical (unpaired) electrons. The summed E-state index contributed by atoms with van der Waals surface area (Å²) < 4.78 is 0. The van der Waals surface area contributed by atoms with Crippen molar-refractivity contribution in [2.45, 2.75) is 40.0 Å². The smallest absolute Gasteiger partial charge is 0.265 e. The van der Waals surface area contributed by atoms with Gasteiger partial charge in [0.2, 0.25) is 0 Å². The van der Waals surface area contributed by atoms with E-state index in [-0.39, 0.29) is 17.2 Å². The molecule has 1 saturated heterocycles. The second kappa shape index (κ2) is 7.12. The Kier molecular flexibility index (Phi) is 5.21. The molecule has 2 amide bonds. The zero-order valence-corrected chi connectivity index (χ0v) is 17.6. The van der Waals surface area contributed by atoms with Crippen molar-refractivity contribution in [1.82, 2.24) is 14.8 Å². The van der Waals surface area contributed by atoms with Crippen molar-refractivity contribution < 1.29 is 9.59 Å². The number of piperazine rings is 1. The van der Waals surface area contributed by atoms with E-state index in [0.29, 0.717) is 26.2 Å². The average molecular weight is 392 g/mol. The Morgan fingerprint density at radius 3 is 2.00 bits per heavy atom. The molecule has 3 rings (SSSR count). The molecule has 0 aromatic carbocycles. The molecule has 0 aliphatic carbocycles. The molecule has 1 aliphatic heterocycles. The summed E-state index contributed by atoms with van der Waals surface area (Å²) >= 11 is 3.02. The topological polar surface area (TPSA) is 53.5 Å². The number of carbonyl (C=O) groups is 2. The molecule has 5 nitrogen and oxygen atoms in total. The van der Waals surface area contributed by atoms with E-state index in [2.05, 4.69) is 25.8 Å². The third-order valence-corrected chi connectivity index (χ3v) is 7.00. The zero-order valence-electron chi connectivity index (χ0n) is 16.0. The lowest BCUT2D eigenvalue weighted by atomic mass is 9.98. The molecule has 26 heavy (non-hydrogen) atoms. The molecule has 1 aliphatic rings. The van der Waals surface area contributed by atoms with Crippen molar-refractivity contribution in [2.24, 2.45) is 0 Å². The highest BCUT2D eigenvalue weighted by molar-refractivity contribution is 7.14.